The summed E-state index contributed by atoms with van der Waals surface area (Å²) in [4.78, 5) is 10.5. The summed E-state index contributed by atoms with van der Waals surface area (Å²) in [7, 11) is -2.24. The lowest BCUT2D eigenvalue weighted by atomic mass is 10.2. The van der Waals surface area contributed by atoms with Gasteiger partial charge in [0.05, 0.1) is 12.1 Å². The molecule has 1 heterocycles. The van der Waals surface area contributed by atoms with Crippen LogP contribution in [0.3, 0.4) is 0 Å². The number of nitrogens with zero attached hydrogens (tertiary/aromatic N) is 2. The Kier molecular flexibility index (Phi) is 3.77. The van der Waals surface area contributed by atoms with Crippen molar-refractivity contribution in [3.63, 3.8) is 0 Å². The maximum Gasteiger partial charge on any atom is 0.304 e. The van der Waals surface area contributed by atoms with Crippen LogP contribution in [0.25, 0.3) is 0 Å². The van der Waals surface area contributed by atoms with Crippen molar-refractivity contribution >= 4 is 21.9 Å². The predicted octanol–water partition coefficient (Wildman–Crippen LogP) is 0.700. The van der Waals surface area contributed by atoms with Gasteiger partial charge in [0, 0.05) is 20.1 Å². The summed E-state index contributed by atoms with van der Waals surface area (Å²) in [6.07, 6.45) is 0.480. The van der Waals surface area contributed by atoms with Gasteiger partial charge in [0.15, 0.2) is 0 Å². The molecule has 0 radical (unpaired) electrons. The van der Waals surface area contributed by atoms with Gasteiger partial charge in [-0.2, -0.15) is 12.7 Å². The maximum atomic E-state index is 12.4. The first-order valence-corrected chi connectivity index (χ1v) is 7.36. The van der Waals surface area contributed by atoms with Gasteiger partial charge < -0.3 is 5.11 Å². The van der Waals surface area contributed by atoms with Crippen LogP contribution in [0.4, 0.5) is 5.69 Å². The van der Waals surface area contributed by atoms with Crippen LogP contribution in [0.15, 0.2) is 24.3 Å². The van der Waals surface area contributed by atoms with Crippen LogP contribution < -0.4 is 4.31 Å². The fourth-order valence-corrected chi connectivity index (χ4v) is 3.49. The molecule has 0 aliphatic carbocycles. The van der Waals surface area contributed by atoms with Crippen LogP contribution >= 0.6 is 0 Å². The van der Waals surface area contributed by atoms with Crippen LogP contribution in [-0.2, 0) is 21.4 Å². The summed E-state index contributed by atoms with van der Waals surface area (Å²) >= 11 is 0. The Morgan fingerprint density at radius 3 is 2.79 bits per heavy atom. The fourth-order valence-electron chi connectivity index (χ4n) is 2.08. The smallest absolute Gasteiger partial charge is 0.304 e. The van der Waals surface area contributed by atoms with Crippen LogP contribution in [0.5, 0.6) is 0 Å². The van der Waals surface area contributed by atoms with E-state index in [-0.39, 0.29) is 13.0 Å². The van der Waals surface area contributed by atoms with E-state index in [1.54, 1.807) is 12.1 Å². The second-order valence-electron chi connectivity index (χ2n) is 4.42. The quantitative estimate of drug-likeness (QED) is 0.863. The first-order chi connectivity index (χ1) is 8.93. The van der Waals surface area contributed by atoms with E-state index in [1.807, 2.05) is 12.1 Å². The summed E-state index contributed by atoms with van der Waals surface area (Å²) < 4.78 is 27.2. The van der Waals surface area contributed by atoms with Crippen molar-refractivity contribution in [3.05, 3.63) is 29.8 Å². The summed E-state index contributed by atoms with van der Waals surface area (Å²) in [5, 5.41) is 8.62. The minimum Gasteiger partial charge on any atom is -0.481 e. The molecule has 0 aromatic heterocycles. The van der Waals surface area contributed by atoms with Gasteiger partial charge in [-0.05, 0) is 18.1 Å². The molecule has 0 saturated heterocycles. The molecule has 0 atom stereocenters. The number of rotatable bonds is 5. The normalized spacial score (nSPS) is 14.7. The van der Waals surface area contributed by atoms with Gasteiger partial charge in [0.25, 0.3) is 0 Å². The first kappa shape index (κ1) is 13.8. The molecule has 1 N–H and O–H groups in total. The fraction of sp³-hybridized carbons (Fsp3) is 0.417. The maximum absolute atomic E-state index is 12.4. The van der Waals surface area contributed by atoms with E-state index in [9.17, 15) is 13.2 Å². The highest BCUT2D eigenvalue weighted by atomic mass is 32.2. The minimum absolute atomic E-state index is 0.0314. The van der Waals surface area contributed by atoms with Crippen LogP contribution in [0.1, 0.15) is 12.0 Å². The highest BCUT2D eigenvalue weighted by molar-refractivity contribution is 7.90. The number of carboxylic acids is 1. The number of hydrogen-bond acceptors (Lipinski definition) is 3. The zero-order valence-electron chi connectivity index (χ0n) is 10.6. The summed E-state index contributed by atoms with van der Waals surface area (Å²) in [6.45, 7) is 0.370. The molecule has 1 aliphatic rings. The van der Waals surface area contributed by atoms with Crippen molar-refractivity contribution in [2.45, 2.75) is 12.8 Å². The van der Waals surface area contributed by atoms with Gasteiger partial charge in [-0.3, -0.25) is 9.10 Å². The Morgan fingerprint density at radius 1 is 1.42 bits per heavy atom. The molecular weight excluding hydrogens is 268 g/mol. The second kappa shape index (κ2) is 5.18. The number of benzene rings is 1. The summed E-state index contributed by atoms with van der Waals surface area (Å²) in [5.74, 6) is -1.01. The van der Waals surface area contributed by atoms with Gasteiger partial charge in [0.1, 0.15) is 0 Å². The average molecular weight is 284 g/mol. The summed E-state index contributed by atoms with van der Waals surface area (Å²) in [6, 6.07) is 7.35. The third-order valence-corrected chi connectivity index (χ3v) is 5.06. The number of para-hydroxylation sites is 1. The number of fused-ring (bicyclic) bond motifs is 1. The molecule has 1 aromatic carbocycles. The standard InChI is InChI=1S/C12H16N2O4S/c1-13(8-7-12(15)16)19(17,18)14-9-6-10-4-2-3-5-11(10)14/h2-5H,6-9H2,1H3,(H,15,16). The Bertz CT molecular complexity index is 585. The largest absolute Gasteiger partial charge is 0.481 e. The Labute approximate surface area is 112 Å². The molecule has 0 amide bonds. The molecule has 19 heavy (non-hydrogen) atoms. The van der Waals surface area contributed by atoms with Crippen molar-refractivity contribution in [3.8, 4) is 0 Å². The van der Waals surface area contributed by atoms with E-state index in [0.29, 0.717) is 18.7 Å². The predicted molar refractivity (Wildman–Crippen MR) is 71.3 cm³/mol. The van der Waals surface area contributed by atoms with Crippen LogP contribution in [-0.4, -0.2) is 43.9 Å². The van der Waals surface area contributed by atoms with E-state index in [1.165, 1.54) is 11.4 Å². The molecule has 0 bridgehead atoms. The van der Waals surface area contributed by atoms with E-state index in [0.717, 1.165) is 9.87 Å². The molecule has 0 spiro atoms. The van der Waals surface area contributed by atoms with E-state index in [2.05, 4.69) is 0 Å². The van der Waals surface area contributed by atoms with E-state index < -0.39 is 16.2 Å². The molecule has 104 valence electrons. The topological polar surface area (TPSA) is 77.9 Å². The van der Waals surface area contributed by atoms with Crippen LogP contribution in [0.2, 0.25) is 0 Å². The third-order valence-electron chi connectivity index (χ3n) is 3.16. The molecule has 1 aliphatic heterocycles. The molecule has 1 aromatic rings. The van der Waals surface area contributed by atoms with Gasteiger partial charge in [0.2, 0.25) is 0 Å². The SMILES string of the molecule is CN(CCC(=O)O)S(=O)(=O)N1CCc2ccccc21. The zero-order valence-corrected chi connectivity index (χ0v) is 11.4. The first-order valence-electron chi connectivity index (χ1n) is 5.96. The Balaban J connectivity index is 2.20. The number of carbonyl (C=O) groups is 1. The molecule has 0 fully saturated rings. The lowest BCUT2D eigenvalue weighted by Gasteiger charge is -2.25. The Hall–Kier alpha value is -1.60. The molecule has 0 saturated carbocycles. The lowest BCUT2D eigenvalue weighted by Crippen LogP contribution is -2.41. The zero-order chi connectivity index (χ0) is 14.0. The van der Waals surface area contributed by atoms with Crippen molar-refractivity contribution in [1.29, 1.82) is 0 Å². The Morgan fingerprint density at radius 2 is 2.11 bits per heavy atom. The third kappa shape index (κ3) is 2.71. The van der Waals surface area contributed by atoms with Crippen molar-refractivity contribution in [1.82, 2.24) is 4.31 Å². The lowest BCUT2D eigenvalue weighted by molar-refractivity contribution is -0.137. The number of anilines is 1. The molecule has 7 heteroatoms. The van der Waals surface area contributed by atoms with Gasteiger partial charge >= 0.3 is 16.2 Å². The minimum atomic E-state index is -3.64. The highest BCUT2D eigenvalue weighted by Gasteiger charge is 2.32. The monoisotopic (exact) mass is 284 g/mol. The number of hydrogen-bond donors (Lipinski definition) is 1. The number of carboxylic acid groups (broad SMARTS) is 1. The van der Waals surface area contributed by atoms with Crippen molar-refractivity contribution in [2.75, 3.05) is 24.4 Å². The molecular formula is C12H16N2O4S. The van der Waals surface area contributed by atoms with Crippen molar-refractivity contribution in [2.24, 2.45) is 0 Å². The van der Waals surface area contributed by atoms with Gasteiger partial charge in [-0.15, -0.1) is 0 Å². The molecule has 2 rings (SSSR count). The number of aliphatic carboxylic acids is 1. The van der Waals surface area contributed by atoms with E-state index in [4.69, 9.17) is 5.11 Å². The van der Waals surface area contributed by atoms with E-state index >= 15 is 0 Å². The van der Waals surface area contributed by atoms with Crippen molar-refractivity contribution < 1.29 is 18.3 Å². The second-order valence-corrected chi connectivity index (χ2v) is 6.38. The van der Waals surface area contributed by atoms with Gasteiger partial charge in [-0.25, -0.2) is 0 Å². The van der Waals surface area contributed by atoms with Crippen LogP contribution in [0, 0.1) is 0 Å². The summed E-state index contributed by atoms with van der Waals surface area (Å²) in [5.41, 5.74) is 1.68. The molecule has 0 unspecified atom stereocenters. The molecule has 6 nitrogen and oxygen atoms in total. The van der Waals surface area contributed by atoms with Gasteiger partial charge in [-0.1, -0.05) is 18.2 Å². The average Bonchev–Trinajstić information content (AvgIpc) is 2.80. The highest BCUT2D eigenvalue weighted by Crippen LogP contribution is 2.30.